The predicted molar refractivity (Wildman–Crippen MR) is 104 cm³/mol. The zero-order valence-corrected chi connectivity index (χ0v) is 17.2. The first-order chi connectivity index (χ1) is 13.5. The first-order valence-electron chi connectivity index (χ1n) is 8.70. The number of halogens is 2. The van der Waals surface area contributed by atoms with Crippen LogP contribution in [0.4, 0.5) is 4.39 Å². The smallest absolute Gasteiger partial charge is 0.224 e. The maximum Gasteiger partial charge on any atom is 0.224 e. The lowest BCUT2D eigenvalue weighted by Crippen LogP contribution is -2.27. The van der Waals surface area contributed by atoms with Gasteiger partial charge in [-0.1, -0.05) is 15.9 Å². The second-order valence-electron chi connectivity index (χ2n) is 6.24. The van der Waals surface area contributed by atoms with Gasteiger partial charge in [-0.25, -0.2) is 4.39 Å². The fourth-order valence-corrected chi connectivity index (χ4v) is 3.51. The minimum Gasteiger partial charge on any atom is -0.493 e. The summed E-state index contributed by atoms with van der Waals surface area (Å²) in [5, 5.41) is 2.86. The van der Waals surface area contributed by atoms with Crippen molar-refractivity contribution in [3.05, 3.63) is 51.2 Å². The van der Waals surface area contributed by atoms with Crippen LogP contribution in [0.25, 0.3) is 0 Å². The van der Waals surface area contributed by atoms with Gasteiger partial charge in [-0.3, -0.25) is 4.79 Å². The molecule has 2 aromatic rings. The molecule has 1 N–H and O–H groups in total. The molecule has 0 bridgehead atoms. The average Bonchev–Trinajstić information content (AvgIpc) is 2.69. The van der Waals surface area contributed by atoms with Crippen LogP contribution in [0.15, 0.2) is 28.7 Å². The Balaban J connectivity index is 1.61. The highest BCUT2D eigenvalue weighted by atomic mass is 79.9. The summed E-state index contributed by atoms with van der Waals surface area (Å²) >= 11 is 3.45. The number of fused-ring (bicyclic) bond motifs is 1. The highest BCUT2D eigenvalue weighted by molar-refractivity contribution is 9.10. The summed E-state index contributed by atoms with van der Waals surface area (Å²) in [6, 6.07) is 6.37. The number of methoxy groups -OCH3 is 2. The van der Waals surface area contributed by atoms with E-state index in [0.29, 0.717) is 47.9 Å². The van der Waals surface area contributed by atoms with Crippen LogP contribution in [0.5, 0.6) is 17.2 Å². The second kappa shape index (κ2) is 9.25. The van der Waals surface area contributed by atoms with E-state index in [-0.39, 0.29) is 24.9 Å². The van der Waals surface area contributed by atoms with E-state index in [0.717, 1.165) is 10.0 Å². The normalized spacial score (nSPS) is 12.7. The highest BCUT2D eigenvalue weighted by Crippen LogP contribution is 2.33. The molecule has 0 unspecified atom stereocenters. The minimum atomic E-state index is -0.344. The molecule has 6 nitrogen and oxygen atoms in total. The number of ether oxygens (including phenoxy) is 4. The van der Waals surface area contributed by atoms with Crippen molar-refractivity contribution in [1.29, 1.82) is 0 Å². The van der Waals surface area contributed by atoms with Gasteiger partial charge in [0.15, 0.2) is 18.3 Å². The molecule has 0 radical (unpaired) electrons. The molecule has 1 heterocycles. The summed E-state index contributed by atoms with van der Waals surface area (Å²) < 4.78 is 35.7. The molecule has 0 aromatic heterocycles. The molecular weight excluding hydrogens is 433 g/mol. The van der Waals surface area contributed by atoms with Crippen molar-refractivity contribution in [3.63, 3.8) is 0 Å². The summed E-state index contributed by atoms with van der Waals surface area (Å²) in [6.45, 7) is 0.828. The summed E-state index contributed by atoms with van der Waals surface area (Å²) in [7, 11) is 3.10. The van der Waals surface area contributed by atoms with Gasteiger partial charge in [0, 0.05) is 16.6 Å². The second-order valence-corrected chi connectivity index (χ2v) is 7.09. The van der Waals surface area contributed by atoms with Gasteiger partial charge in [0.1, 0.15) is 11.6 Å². The number of amides is 1. The fourth-order valence-electron chi connectivity index (χ4n) is 3.05. The van der Waals surface area contributed by atoms with E-state index in [4.69, 9.17) is 18.9 Å². The fraction of sp³-hybridized carbons (Fsp3) is 0.350. The largest absolute Gasteiger partial charge is 0.493 e. The van der Waals surface area contributed by atoms with Gasteiger partial charge in [-0.05, 0) is 41.8 Å². The van der Waals surface area contributed by atoms with Gasteiger partial charge in [0.05, 0.1) is 27.2 Å². The third-order valence-corrected chi connectivity index (χ3v) is 5.11. The molecule has 0 aliphatic carbocycles. The van der Waals surface area contributed by atoms with E-state index in [1.807, 2.05) is 0 Å². The van der Waals surface area contributed by atoms with Crippen molar-refractivity contribution in [2.24, 2.45) is 0 Å². The molecule has 1 aliphatic rings. The van der Waals surface area contributed by atoms with Gasteiger partial charge in [-0.2, -0.15) is 0 Å². The van der Waals surface area contributed by atoms with E-state index < -0.39 is 0 Å². The number of hydrogen-bond acceptors (Lipinski definition) is 5. The third kappa shape index (κ3) is 4.74. The van der Waals surface area contributed by atoms with Crippen LogP contribution in [-0.2, 0) is 29.0 Å². The van der Waals surface area contributed by atoms with Gasteiger partial charge in [0.2, 0.25) is 5.91 Å². The number of carbonyl (C=O) groups is 1. The molecule has 1 amide bonds. The molecule has 0 atom stereocenters. The Morgan fingerprint density at radius 3 is 2.68 bits per heavy atom. The Morgan fingerprint density at radius 1 is 1.18 bits per heavy atom. The third-order valence-electron chi connectivity index (χ3n) is 4.37. The number of benzene rings is 2. The molecule has 3 rings (SSSR count). The predicted octanol–water partition coefficient (Wildman–Crippen LogP) is 3.37. The number of hydrogen-bond donors (Lipinski definition) is 1. The molecular formula is C20H21BrFNO5. The summed E-state index contributed by atoms with van der Waals surface area (Å²) in [5.74, 6) is 1.29. The Bertz CT molecular complexity index is 874. The van der Waals surface area contributed by atoms with E-state index in [2.05, 4.69) is 21.2 Å². The van der Waals surface area contributed by atoms with Crippen molar-refractivity contribution < 1.29 is 28.1 Å². The zero-order chi connectivity index (χ0) is 20.1. The Hall–Kier alpha value is -2.32. The molecule has 0 saturated carbocycles. The maximum absolute atomic E-state index is 13.8. The Kier molecular flexibility index (Phi) is 6.74. The highest BCUT2D eigenvalue weighted by Gasteiger charge is 2.17. The monoisotopic (exact) mass is 453 g/mol. The molecule has 0 saturated heterocycles. The lowest BCUT2D eigenvalue weighted by Gasteiger charge is -2.21. The lowest BCUT2D eigenvalue weighted by molar-refractivity contribution is -0.120. The maximum atomic E-state index is 13.8. The molecule has 0 spiro atoms. The summed E-state index contributed by atoms with van der Waals surface area (Å²) in [5.41, 5.74) is 2.17. The summed E-state index contributed by atoms with van der Waals surface area (Å²) in [4.78, 5) is 12.3. The van der Waals surface area contributed by atoms with Gasteiger partial charge in [0.25, 0.3) is 0 Å². The molecule has 150 valence electrons. The van der Waals surface area contributed by atoms with Crippen molar-refractivity contribution >= 4 is 21.8 Å². The van der Waals surface area contributed by atoms with Crippen LogP contribution >= 0.6 is 15.9 Å². The van der Waals surface area contributed by atoms with Gasteiger partial charge in [-0.15, -0.1) is 0 Å². The first kappa shape index (κ1) is 20.4. The molecule has 2 aromatic carbocycles. The van der Waals surface area contributed by atoms with E-state index in [1.54, 1.807) is 26.4 Å². The van der Waals surface area contributed by atoms with Crippen LogP contribution in [0.3, 0.4) is 0 Å². The average molecular weight is 454 g/mol. The quantitative estimate of drug-likeness (QED) is 0.695. The molecule has 1 aliphatic heterocycles. The molecule has 8 heteroatoms. The van der Waals surface area contributed by atoms with Crippen molar-refractivity contribution in [3.8, 4) is 17.2 Å². The summed E-state index contributed by atoms with van der Waals surface area (Å²) in [6.07, 6.45) is 0.630. The molecule has 0 fully saturated rings. The number of carbonyl (C=O) groups excluding carboxylic acids is 1. The van der Waals surface area contributed by atoms with Crippen molar-refractivity contribution in [2.45, 2.75) is 19.4 Å². The molecule has 28 heavy (non-hydrogen) atoms. The number of nitrogens with one attached hydrogen (secondary N) is 1. The van der Waals surface area contributed by atoms with E-state index in [1.165, 1.54) is 12.1 Å². The first-order valence-corrected chi connectivity index (χ1v) is 9.50. The topological polar surface area (TPSA) is 66.0 Å². The van der Waals surface area contributed by atoms with E-state index >= 15 is 0 Å². The SMILES string of the molecule is COc1cc(Br)c(CC(=O)NCCc2cc(F)cc3c2OCOC3)cc1OC. The standard InChI is InChI=1S/C20H21BrFNO5/c1-25-17-7-13(16(21)9-18(17)26-2)8-19(24)23-4-3-12-5-15(22)6-14-10-27-11-28-20(12)14/h5-7,9H,3-4,8,10-11H2,1-2H3,(H,23,24). The zero-order valence-electron chi connectivity index (χ0n) is 15.6. The lowest BCUT2D eigenvalue weighted by atomic mass is 10.1. The van der Waals surface area contributed by atoms with Crippen molar-refractivity contribution in [2.75, 3.05) is 27.6 Å². The van der Waals surface area contributed by atoms with Crippen molar-refractivity contribution in [1.82, 2.24) is 5.32 Å². The Labute approximate surface area is 171 Å². The van der Waals surface area contributed by atoms with Crippen LogP contribution in [0, 0.1) is 5.82 Å². The van der Waals surface area contributed by atoms with Crippen LogP contribution in [-0.4, -0.2) is 33.5 Å². The van der Waals surface area contributed by atoms with Gasteiger partial charge < -0.3 is 24.3 Å². The van der Waals surface area contributed by atoms with Gasteiger partial charge >= 0.3 is 0 Å². The minimum absolute atomic E-state index is 0.144. The van der Waals surface area contributed by atoms with Crippen LogP contribution in [0.2, 0.25) is 0 Å². The Morgan fingerprint density at radius 2 is 1.93 bits per heavy atom. The number of rotatable bonds is 7. The van der Waals surface area contributed by atoms with Crippen LogP contribution in [0.1, 0.15) is 16.7 Å². The van der Waals surface area contributed by atoms with Crippen LogP contribution < -0.4 is 19.5 Å². The van der Waals surface area contributed by atoms with E-state index in [9.17, 15) is 9.18 Å².